The summed E-state index contributed by atoms with van der Waals surface area (Å²) in [7, 11) is 0. The fourth-order valence-corrected chi connectivity index (χ4v) is 4.13. The zero-order valence-corrected chi connectivity index (χ0v) is 18.1. The van der Waals surface area contributed by atoms with Crippen molar-refractivity contribution in [1.82, 2.24) is 5.32 Å². The fourth-order valence-electron chi connectivity index (χ4n) is 4.13. The number of nitriles is 1. The quantitative estimate of drug-likeness (QED) is 0.649. The van der Waals surface area contributed by atoms with Crippen LogP contribution in [0.15, 0.2) is 30.3 Å². The Labute approximate surface area is 175 Å². The Morgan fingerprint density at radius 1 is 1.14 bits per heavy atom. The minimum Gasteiger partial charge on any atom is -0.353 e. The average molecular weight is 398 g/mol. The molecule has 0 unspecified atom stereocenters. The summed E-state index contributed by atoms with van der Waals surface area (Å²) in [6.07, 6.45) is 6.14. The number of rotatable bonds is 9. The SMILES string of the molecule is CCC(C)(C)C1CCC(NC(=O)CCC(=O)N(CCC#N)c2ccccc2)CC1. The molecule has 1 N–H and O–H groups in total. The van der Waals surface area contributed by atoms with E-state index in [-0.39, 0.29) is 37.1 Å². The number of carbonyl (C=O) groups is 2. The van der Waals surface area contributed by atoms with Crippen LogP contribution in [0.2, 0.25) is 0 Å². The Kier molecular flexibility index (Phi) is 8.70. The lowest BCUT2D eigenvalue weighted by Crippen LogP contribution is -2.40. The maximum atomic E-state index is 12.7. The van der Waals surface area contributed by atoms with Crippen molar-refractivity contribution >= 4 is 17.5 Å². The first-order valence-electron chi connectivity index (χ1n) is 10.9. The van der Waals surface area contributed by atoms with Crippen LogP contribution in [0.25, 0.3) is 0 Å². The summed E-state index contributed by atoms with van der Waals surface area (Å²) < 4.78 is 0. The van der Waals surface area contributed by atoms with Crippen LogP contribution in [-0.2, 0) is 9.59 Å². The van der Waals surface area contributed by atoms with Crippen LogP contribution in [0.3, 0.4) is 0 Å². The number of hydrogen-bond donors (Lipinski definition) is 1. The van der Waals surface area contributed by atoms with Gasteiger partial charge in [-0.15, -0.1) is 0 Å². The second kappa shape index (κ2) is 11.0. The zero-order chi connectivity index (χ0) is 21.3. The highest BCUT2D eigenvalue weighted by atomic mass is 16.2. The highest BCUT2D eigenvalue weighted by Crippen LogP contribution is 2.40. The fraction of sp³-hybridized carbons (Fsp3) is 0.625. The number of amides is 2. The van der Waals surface area contributed by atoms with Crippen LogP contribution >= 0.6 is 0 Å². The molecule has 1 saturated carbocycles. The van der Waals surface area contributed by atoms with E-state index >= 15 is 0 Å². The second-order valence-corrected chi connectivity index (χ2v) is 8.75. The molecular formula is C24H35N3O2. The minimum absolute atomic E-state index is 0.0511. The molecule has 1 fully saturated rings. The topological polar surface area (TPSA) is 73.2 Å². The van der Waals surface area contributed by atoms with Crippen molar-refractivity contribution in [2.24, 2.45) is 11.3 Å². The molecule has 0 heterocycles. The predicted molar refractivity (Wildman–Crippen MR) is 116 cm³/mol. The number of nitrogens with zero attached hydrogens (tertiary/aromatic N) is 2. The predicted octanol–water partition coefficient (Wildman–Crippen LogP) is 4.82. The number of benzene rings is 1. The van der Waals surface area contributed by atoms with E-state index in [0.717, 1.165) is 37.3 Å². The Bertz CT molecular complexity index is 701. The lowest BCUT2D eigenvalue weighted by Gasteiger charge is -2.39. The summed E-state index contributed by atoms with van der Waals surface area (Å²) in [5.41, 5.74) is 1.14. The molecule has 0 spiro atoms. The molecule has 2 rings (SSSR count). The van der Waals surface area contributed by atoms with Gasteiger partial charge in [0.25, 0.3) is 0 Å². The van der Waals surface area contributed by atoms with Gasteiger partial charge in [0.15, 0.2) is 0 Å². The lowest BCUT2D eigenvalue weighted by atomic mass is 9.69. The van der Waals surface area contributed by atoms with E-state index in [0.29, 0.717) is 12.0 Å². The van der Waals surface area contributed by atoms with Gasteiger partial charge in [0.1, 0.15) is 0 Å². The van der Waals surface area contributed by atoms with Crippen LogP contribution in [0.4, 0.5) is 5.69 Å². The van der Waals surface area contributed by atoms with Crippen LogP contribution in [-0.4, -0.2) is 24.4 Å². The Balaban J connectivity index is 1.80. The van der Waals surface area contributed by atoms with Crippen molar-refractivity contribution in [2.45, 2.75) is 78.2 Å². The third kappa shape index (κ3) is 6.88. The molecule has 29 heavy (non-hydrogen) atoms. The maximum Gasteiger partial charge on any atom is 0.227 e. The van der Waals surface area contributed by atoms with Gasteiger partial charge < -0.3 is 10.2 Å². The Hall–Kier alpha value is -2.35. The van der Waals surface area contributed by atoms with Crippen molar-refractivity contribution in [3.63, 3.8) is 0 Å². The first-order valence-corrected chi connectivity index (χ1v) is 10.9. The second-order valence-electron chi connectivity index (χ2n) is 8.75. The van der Waals surface area contributed by atoms with Gasteiger partial charge in [-0.3, -0.25) is 9.59 Å². The number of nitrogens with one attached hydrogen (secondary N) is 1. The van der Waals surface area contributed by atoms with Crippen LogP contribution in [0.5, 0.6) is 0 Å². The largest absolute Gasteiger partial charge is 0.353 e. The van der Waals surface area contributed by atoms with Gasteiger partial charge in [-0.2, -0.15) is 5.26 Å². The standard InChI is InChI=1S/C24H35N3O2/c1-4-24(2,3)19-11-13-20(14-12-19)26-22(28)15-16-23(29)27(18-8-17-25)21-9-6-5-7-10-21/h5-7,9-10,19-20H,4,8,11-16,18H2,1-3H3,(H,26,28). The van der Waals surface area contributed by atoms with E-state index in [2.05, 4.69) is 32.2 Å². The number of hydrogen-bond acceptors (Lipinski definition) is 3. The Morgan fingerprint density at radius 2 is 1.79 bits per heavy atom. The van der Waals surface area contributed by atoms with Crippen molar-refractivity contribution in [2.75, 3.05) is 11.4 Å². The smallest absolute Gasteiger partial charge is 0.227 e. The van der Waals surface area contributed by atoms with Crippen molar-refractivity contribution < 1.29 is 9.59 Å². The molecule has 1 aliphatic rings. The summed E-state index contributed by atoms with van der Waals surface area (Å²) >= 11 is 0. The number of carbonyl (C=O) groups excluding carboxylic acids is 2. The van der Waals surface area contributed by atoms with Gasteiger partial charge >= 0.3 is 0 Å². The average Bonchev–Trinajstić information content (AvgIpc) is 2.73. The molecular weight excluding hydrogens is 362 g/mol. The van der Waals surface area contributed by atoms with Gasteiger partial charge in [0, 0.05) is 31.1 Å². The summed E-state index contributed by atoms with van der Waals surface area (Å²) in [6.45, 7) is 7.28. The number of anilines is 1. The normalized spacial score (nSPS) is 19.2. The molecule has 2 amide bonds. The highest BCUT2D eigenvalue weighted by molar-refractivity contribution is 5.95. The van der Waals surface area contributed by atoms with Gasteiger partial charge in [-0.05, 0) is 49.1 Å². The molecule has 0 atom stereocenters. The van der Waals surface area contributed by atoms with E-state index < -0.39 is 0 Å². The van der Waals surface area contributed by atoms with Gasteiger partial charge in [-0.25, -0.2) is 0 Å². The summed E-state index contributed by atoms with van der Waals surface area (Å²) in [5, 5.41) is 12.0. The lowest BCUT2D eigenvalue weighted by molar-refractivity contribution is -0.125. The van der Waals surface area contributed by atoms with Gasteiger partial charge in [-0.1, -0.05) is 45.4 Å². The molecule has 0 aromatic heterocycles. The van der Waals surface area contributed by atoms with E-state index in [1.165, 1.54) is 6.42 Å². The molecule has 0 radical (unpaired) electrons. The van der Waals surface area contributed by atoms with Crippen LogP contribution in [0, 0.1) is 22.7 Å². The van der Waals surface area contributed by atoms with E-state index in [1.54, 1.807) is 4.90 Å². The molecule has 0 saturated heterocycles. The molecule has 0 aliphatic heterocycles. The van der Waals surface area contributed by atoms with Crippen molar-refractivity contribution in [3.05, 3.63) is 30.3 Å². The molecule has 5 nitrogen and oxygen atoms in total. The van der Waals surface area contributed by atoms with Crippen molar-refractivity contribution in [1.29, 1.82) is 5.26 Å². The first-order chi connectivity index (χ1) is 13.9. The van der Waals surface area contributed by atoms with E-state index in [1.807, 2.05) is 30.3 Å². The summed E-state index contributed by atoms with van der Waals surface area (Å²) in [4.78, 5) is 26.7. The van der Waals surface area contributed by atoms with Crippen molar-refractivity contribution in [3.8, 4) is 6.07 Å². The minimum atomic E-state index is -0.116. The van der Waals surface area contributed by atoms with Gasteiger partial charge in [0.2, 0.25) is 11.8 Å². The third-order valence-corrected chi connectivity index (χ3v) is 6.49. The van der Waals surface area contributed by atoms with Crippen LogP contribution in [0.1, 0.15) is 72.1 Å². The maximum absolute atomic E-state index is 12.7. The molecule has 1 aliphatic carbocycles. The third-order valence-electron chi connectivity index (χ3n) is 6.49. The first kappa shape index (κ1) is 22.9. The molecule has 1 aromatic rings. The Morgan fingerprint density at radius 3 is 2.38 bits per heavy atom. The van der Waals surface area contributed by atoms with Crippen LogP contribution < -0.4 is 10.2 Å². The zero-order valence-electron chi connectivity index (χ0n) is 18.1. The highest BCUT2D eigenvalue weighted by Gasteiger charge is 2.32. The number of para-hydroxylation sites is 1. The summed E-state index contributed by atoms with van der Waals surface area (Å²) in [5.74, 6) is 0.557. The molecule has 158 valence electrons. The molecule has 0 bridgehead atoms. The van der Waals surface area contributed by atoms with E-state index in [9.17, 15) is 9.59 Å². The molecule has 1 aromatic carbocycles. The van der Waals surface area contributed by atoms with E-state index in [4.69, 9.17) is 5.26 Å². The van der Waals surface area contributed by atoms with Gasteiger partial charge in [0.05, 0.1) is 12.5 Å². The monoisotopic (exact) mass is 397 g/mol. The molecule has 5 heteroatoms. The summed E-state index contributed by atoms with van der Waals surface area (Å²) in [6, 6.07) is 11.6.